The van der Waals surface area contributed by atoms with Gasteiger partial charge in [-0.1, -0.05) is 36.0 Å². The van der Waals surface area contributed by atoms with E-state index >= 15 is 0 Å². The molecule has 2 aromatic heterocycles. The Bertz CT molecular complexity index is 1190. The Morgan fingerprint density at radius 3 is 2.86 bits per heavy atom. The number of fused-ring (bicyclic) bond motifs is 3. The monoisotopic (exact) mass is 393 g/mol. The Kier molecular flexibility index (Phi) is 4.90. The van der Waals surface area contributed by atoms with E-state index in [9.17, 15) is 9.59 Å². The molecule has 0 fully saturated rings. The highest BCUT2D eigenvalue weighted by atomic mass is 32.2. The fraction of sp³-hybridized carbons (Fsp3) is 0.105. The van der Waals surface area contributed by atoms with Gasteiger partial charge in [0.05, 0.1) is 18.4 Å². The van der Waals surface area contributed by atoms with Crippen LogP contribution in [0.5, 0.6) is 0 Å². The average molecular weight is 393 g/mol. The standard InChI is InChI=1S/C19H15N5O3S/c1-27-18(26)11-5-4-6-12(9-11)20-15(25)10-28-19-22-17-16(23-24-19)13-7-2-3-8-14(13)21-17/h2-9H,10H2,1H3,(H,20,25)(H,21,22,24). The maximum Gasteiger partial charge on any atom is 0.337 e. The van der Waals surface area contributed by atoms with Gasteiger partial charge in [0.15, 0.2) is 5.65 Å². The number of anilines is 1. The topological polar surface area (TPSA) is 110 Å². The molecule has 8 nitrogen and oxygen atoms in total. The van der Waals surface area contributed by atoms with Gasteiger partial charge in [0.1, 0.15) is 5.52 Å². The molecule has 0 unspecified atom stereocenters. The van der Waals surface area contributed by atoms with E-state index in [4.69, 9.17) is 0 Å². The van der Waals surface area contributed by atoms with Crippen LogP contribution in [0.4, 0.5) is 5.69 Å². The zero-order valence-electron chi connectivity index (χ0n) is 14.8. The second-order valence-corrected chi connectivity index (χ2v) is 6.81. The molecule has 0 radical (unpaired) electrons. The summed E-state index contributed by atoms with van der Waals surface area (Å²) >= 11 is 1.18. The summed E-state index contributed by atoms with van der Waals surface area (Å²) in [5.41, 5.74) is 3.14. The van der Waals surface area contributed by atoms with E-state index in [0.29, 0.717) is 27.6 Å². The van der Waals surface area contributed by atoms with Crippen LogP contribution < -0.4 is 5.32 Å². The number of nitrogens with zero attached hydrogens (tertiary/aromatic N) is 3. The molecule has 0 bridgehead atoms. The van der Waals surface area contributed by atoms with Crippen molar-refractivity contribution < 1.29 is 14.3 Å². The third-order valence-corrected chi connectivity index (χ3v) is 4.84. The lowest BCUT2D eigenvalue weighted by molar-refractivity contribution is -0.113. The molecule has 0 aliphatic heterocycles. The predicted octanol–water partition coefficient (Wildman–Crippen LogP) is 3.02. The molecule has 4 aromatic rings. The van der Waals surface area contributed by atoms with Crippen LogP contribution in [0, 0.1) is 0 Å². The number of carbonyl (C=O) groups is 2. The van der Waals surface area contributed by atoms with Gasteiger partial charge in [-0.05, 0) is 24.3 Å². The van der Waals surface area contributed by atoms with Crippen LogP contribution in [0.25, 0.3) is 22.1 Å². The molecular formula is C19H15N5O3S. The number of amides is 1. The number of aromatic nitrogens is 4. The Morgan fingerprint density at radius 2 is 2.00 bits per heavy atom. The average Bonchev–Trinajstić information content (AvgIpc) is 3.09. The fourth-order valence-corrected chi connectivity index (χ4v) is 3.32. The molecule has 9 heteroatoms. The molecule has 0 aliphatic carbocycles. The lowest BCUT2D eigenvalue weighted by Gasteiger charge is -2.06. The van der Waals surface area contributed by atoms with Crippen molar-refractivity contribution in [2.24, 2.45) is 0 Å². The number of benzene rings is 2. The van der Waals surface area contributed by atoms with Crippen LogP contribution >= 0.6 is 11.8 Å². The molecule has 0 aliphatic rings. The minimum absolute atomic E-state index is 0.107. The summed E-state index contributed by atoms with van der Waals surface area (Å²) in [7, 11) is 1.31. The van der Waals surface area contributed by atoms with Gasteiger partial charge in [0.2, 0.25) is 11.1 Å². The number of ether oxygens (including phenoxy) is 1. The zero-order chi connectivity index (χ0) is 19.5. The highest BCUT2D eigenvalue weighted by molar-refractivity contribution is 7.99. The third kappa shape index (κ3) is 3.65. The van der Waals surface area contributed by atoms with E-state index in [2.05, 4.69) is 30.2 Å². The lowest BCUT2D eigenvalue weighted by atomic mass is 10.2. The first kappa shape index (κ1) is 17.9. The molecule has 4 rings (SSSR count). The Hall–Kier alpha value is -3.46. The van der Waals surface area contributed by atoms with Crippen molar-refractivity contribution in [2.45, 2.75) is 5.16 Å². The van der Waals surface area contributed by atoms with E-state index in [0.717, 1.165) is 10.9 Å². The first-order valence-corrected chi connectivity index (χ1v) is 9.35. The minimum atomic E-state index is -0.461. The highest BCUT2D eigenvalue weighted by Crippen LogP contribution is 2.23. The lowest BCUT2D eigenvalue weighted by Crippen LogP contribution is -2.15. The van der Waals surface area contributed by atoms with Gasteiger partial charge in [-0.2, -0.15) is 0 Å². The van der Waals surface area contributed by atoms with Crippen molar-refractivity contribution in [3.05, 3.63) is 54.1 Å². The smallest absolute Gasteiger partial charge is 0.337 e. The summed E-state index contributed by atoms with van der Waals surface area (Å²) in [4.78, 5) is 31.4. The van der Waals surface area contributed by atoms with Crippen molar-refractivity contribution in [2.75, 3.05) is 18.2 Å². The zero-order valence-corrected chi connectivity index (χ0v) is 15.6. The maximum absolute atomic E-state index is 12.2. The number of methoxy groups -OCH3 is 1. The second kappa shape index (κ2) is 7.65. The summed E-state index contributed by atoms with van der Waals surface area (Å²) in [5, 5.41) is 12.4. The highest BCUT2D eigenvalue weighted by Gasteiger charge is 2.12. The molecular weight excluding hydrogens is 378 g/mol. The van der Waals surface area contributed by atoms with Crippen LogP contribution in [-0.4, -0.2) is 44.9 Å². The summed E-state index contributed by atoms with van der Waals surface area (Å²) < 4.78 is 4.68. The van der Waals surface area contributed by atoms with Gasteiger partial charge in [0, 0.05) is 16.6 Å². The minimum Gasteiger partial charge on any atom is -0.465 e. The summed E-state index contributed by atoms with van der Waals surface area (Å²) in [5.74, 6) is -0.598. The van der Waals surface area contributed by atoms with E-state index in [1.165, 1.54) is 18.9 Å². The number of hydrogen-bond donors (Lipinski definition) is 2. The normalized spacial score (nSPS) is 10.9. The van der Waals surface area contributed by atoms with E-state index in [1.54, 1.807) is 24.3 Å². The number of aromatic amines is 1. The predicted molar refractivity (Wildman–Crippen MR) is 106 cm³/mol. The summed E-state index contributed by atoms with van der Waals surface area (Å²) in [6.45, 7) is 0. The summed E-state index contributed by atoms with van der Waals surface area (Å²) in [6.07, 6.45) is 0. The fourth-order valence-electron chi connectivity index (χ4n) is 2.74. The number of hydrogen-bond acceptors (Lipinski definition) is 7. The number of nitrogens with one attached hydrogen (secondary N) is 2. The number of carbonyl (C=O) groups excluding carboxylic acids is 2. The number of esters is 1. The number of para-hydroxylation sites is 1. The van der Waals surface area contributed by atoms with Crippen molar-refractivity contribution in [1.29, 1.82) is 0 Å². The van der Waals surface area contributed by atoms with Crippen LogP contribution in [0.2, 0.25) is 0 Å². The maximum atomic E-state index is 12.2. The van der Waals surface area contributed by atoms with Gasteiger partial charge in [-0.3, -0.25) is 4.79 Å². The molecule has 2 aromatic carbocycles. The largest absolute Gasteiger partial charge is 0.465 e. The van der Waals surface area contributed by atoms with Crippen LogP contribution in [0.15, 0.2) is 53.7 Å². The molecule has 0 saturated carbocycles. The van der Waals surface area contributed by atoms with Crippen molar-refractivity contribution in [3.63, 3.8) is 0 Å². The molecule has 1 amide bonds. The number of H-pyrrole nitrogens is 1. The van der Waals surface area contributed by atoms with Crippen LogP contribution in [-0.2, 0) is 9.53 Å². The first-order chi connectivity index (χ1) is 13.6. The van der Waals surface area contributed by atoms with Gasteiger partial charge in [-0.15, -0.1) is 10.2 Å². The molecule has 0 spiro atoms. The van der Waals surface area contributed by atoms with Gasteiger partial charge in [0.25, 0.3) is 0 Å². The van der Waals surface area contributed by atoms with Gasteiger partial charge >= 0.3 is 5.97 Å². The summed E-state index contributed by atoms with van der Waals surface area (Å²) in [6, 6.07) is 14.3. The van der Waals surface area contributed by atoms with E-state index in [1.807, 2.05) is 24.3 Å². The van der Waals surface area contributed by atoms with E-state index in [-0.39, 0.29) is 11.7 Å². The number of thioether (sulfide) groups is 1. The van der Waals surface area contributed by atoms with Crippen LogP contribution in [0.3, 0.4) is 0 Å². The third-order valence-electron chi connectivity index (χ3n) is 4.00. The molecule has 140 valence electrons. The van der Waals surface area contributed by atoms with Gasteiger partial charge in [-0.25, -0.2) is 9.78 Å². The quantitative estimate of drug-likeness (QED) is 0.396. The molecule has 2 N–H and O–H groups in total. The van der Waals surface area contributed by atoms with E-state index < -0.39 is 5.97 Å². The molecule has 28 heavy (non-hydrogen) atoms. The van der Waals surface area contributed by atoms with Crippen LogP contribution in [0.1, 0.15) is 10.4 Å². The van der Waals surface area contributed by atoms with Crippen molar-refractivity contribution in [3.8, 4) is 0 Å². The molecule has 0 atom stereocenters. The second-order valence-electron chi connectivity index (χ2n) is 5.87. The Labute approximate surface area is 163 Å². The van der Waals surface area contributed by atoms with Gasteiger partial charge < -0.3 is 15.0 Å². The van der Waals surface area contributed by atoms with Crippen molar-refractivity contribution in [1.82, 2.24) is 20.2 Å². The number of rotatable bonds is 5. The SMILES string of the molecule is COC(=O)c1cccc(NC(=O)CSc2nnc3c(n2)[nH]c2ccccc23)c1. The Morgan fingerprint density at radius 1 is 1.14 bits per heavy atom. The molecule has 2 heterocycles. The van der Waals surface area contributed by atoms with Crippen molar-refractivity contribution >= 4 is 51.4 Å². The first-order valence-electron chi connectivity index (χ1n) is 8.36. The molecule has 0 saturated heterocycles. The Balaban J connectivity index is 1.43.